The van der Waals surface area contributed by atoms with Crippen molar-refractivity contribution in [2.75, 3.05) is 33.0 Å². The number of aliphatic hydroxyl groups is 1. The smallest absolute Gasteiger partial charge is 0.343 e. The number of rotatable bonds is 24. The van der Waals surface area contributed by atoms with Crippen molar-refractivity contribution in [3.63, 3.8) is 0 Å². The van der Waals surface area contributed by atoms with Crippen LogP contribution in [-0.2, 0) is 67.1 Å². The zero-order chi connectivity index (χ0) is 52.7. The summed E-state index contributed by atoms with van der Waals surface area (Å²) in [5.41, 5.74) is 4.43. The lowest BCUT2D eigenvalue weighted by Gasteiger charge is -2.34. The van der Waals surface area contributed by atoms with Gasteiger partial charge in [0.1, 0.15) is 37.6 Å². The van der Waals surface area contributed by atoms with Crippen LogP contribution in [0.5, 0.6) is 0 Å². The van der Waals surface area contributed by atoms with E-state index in [1.807, 2.05) is 19.9 Å². The van der Waals surface area contributed by atoms with Crippen LogP contribution in [0.1, 0.15) is 113 Å². The van der Waals surface area contributed by atoms with Crippen molar-refractivity contribution in [2.24, 2.45) is 5.92 Å². The Morgan fingerprint density at radius 1 is 0.890 bits per heavy atom. The average Bonchev–Trinajstić information content (AvgIpc) is 4.22. The molecular weight excluding hydrogens is 940 g/mol. The number of aldehydes is 1. The Balaban J connectivity index is 1.10. The number of carbonyl (C=O) groups excluding carboxylic acids is 8. The third-order valence-electron chi connectivity index (χ3n) is 13.9. The van der Waals surface area contributed by atoms with Crippen LogP contribution in [0.15, 0.2) is 76.9 Å². The molecule has 1 unspecified atom stereocenters. The standard InChI is InChI=1S/C55H69FN6O11/c1-5-7-9-18-45(64)57-27-46(65)58-29-48(67)61-44(25-35-14-10-8-11-15-35)52(68)59-28-47(66)60-32-73-51(37-19-20-37)53(69)62-43-24-22-40-34(4)42(56)26-38-17-13-12-16-36(33(3)49(43)50(38)40)21-23-41-39(30-63)31-72-54(70)55(41,71)6-2/h8,10-11,14-16,21,23,26,30,37,43-44,51,71H,5-7,9,12-13,17-20,22,24-25,27-29,31-32H2,1-4H3,(H,57,64)(H,58,65)(H,59,68)(H,60,66)(H,61,67)(H,62,69)/b23-21+,36-16-,49-33-/t43-,44-,51?,55-/m0/s1. The maximum atomic E-state index is 15.5. The Labute approximate surface area is 425 Å². The number of hydrogen-bond donors (Lipinski definition) is 7. The minimum Gasteiger partial charge on any atom is -0.458 e. The molecule has 4 atom stereocenters. The predicted molar refractivity (Wildman–Crippen MR) is 269 cm³/mol. The van der Waals surface area contributed by atoms with Gasteiger partial charge in [-0.1, -0.05) is 75.2 Å². The molecule has 73 heavy (non-hydrogen) atoms. The largest absolute Gasteiger partial charge is 0.458 e. The molecule has 392 valence electrons. The highest BCUT2D eigenvalue weighted by molar-refractivity contribution is 5.94. The first-order chi connectivity index (χ1) is 35.1. The Kier molecular flexibility index (Phi) is 20.0. The number of esters is 1. The van der Waals surface area contributed by atoms with E-state index in [1.54, 1.807) is 62.4 Å². The minimum absolute atomic E-state index is 0.0201. The molecule has 6 amide bonds. The van der Waals surface area contributed by atoms with Gasteiger partial charge in [-0.05, 0) is 128 Å². The summed E-state index contributed by atoms with van der Waals surface area (Å²) >= 11 is 0. The second kappa shape index (κ2) is 26.2. The highest BCUT2D eigenvalue weighted by atomic mass is 19.1. The van der Waals surface area contributed by atoms with Crippen molar-refractivity contribution in [3.8, 4) is 0 Å². The third-order valence-corrected chi connectivity index (χ3v) is 13.9. The number of cyclic esters (lactones) is 1. The summed E-state index contributed by atoms with van der Waals surface area (Å²) in [4.78, 5) is 103. The summed E-state index contributed by atoms with van der Waals surface area (Å²) in [6.45, 7) is 5.48. The van der Waals surface area contributed by atoms with Gasteiger partial charge in [0.25, 0.3) is 0 Å². The first kappa shape index (κ1) is 55.5. The molecule has 1 heterocycles. The number of ether oxygens (including phenoxy) is 2. The number of aryl methyl sites for hydroxylation is 1. The van der Waals surface area contributed by atoms with E-state index >= 15 is 4.39 Å². The molecule has 0 saturated heterocycles. The second-order valence-corrected chi connectivity index (χ2v) is 19.1. The molecule has 0 radical (unpaired) electrons. The van der Waals surface area contributed by atoms with E-state index in [2.05, 4.69) is 31.9 Å². The van der Waals surface area contributed by atoms with Gasteiger partial charge in [0.2, 0.25) is 35.4 Å². The van der Waals surface area contributed by atoms with Crippen LogP contribution in [0, 0.1) is 18.7 Å². The van der Waals surface area contributed by atoms with Crippen LogP contribution in [0.2, 0.25) is 0 Å². The Hall–Kier alpha value is -6.79. The quantitative estimate of drug-likeness (QED) is 0.0344. The highest BCUT2D eigenvalue weighted by Crippen LogP contribution is 2.43. The lowest BCUT2D eigenvalue weighted by Crippen LogP contribution is -2.52. The van der Waals surface area contributed by atoms with Crippen LogP contribution in [0.3, 0.4) is 0 Å². The van der Waals surface area contributed by atoms with E-state index in [0.29, 0.717) is 56.8 Å². The maximum Gasteiger partial charge on any atom is 0.343 e. The molecule has 0 bridgehead atoms. The molecule has 2 aromatic carbocycles. The maximum absolute atomic E-state index is 15.5. The van der Waals surface area contributed by atoms with Gasteiger partial charge < -0.3 is 46.5 Å². The zero-order valence-corrected chi connectivity index (χ0v) is 42.2. The summed E-state index contributed by atoms with van der Waals surface area (Å²) in [5, 5.41) is 27.4. The predicted octanol–water partition coefficient (Wildman–Crippen LogP) is 3.88. The lowest BCUT2D eigenvalue weighted by molar-refractivity contribution is -0.162. The molecular formula is C55H69FN6O11. The van der Waals surface area contributed by atoms with Crippen molar-refractivity contribution >= 4 is 53.3 Å². The van der Waals surface area contributed by atoms with Crippen molar-refractivity contribution in [2.45, 2.75) is 135 Å². The second-order valence-electron chi connectivity index (χ2n) is 19.1. The van der Waals surface area contributed by atoms with Crippen LogP contribution in [-0.4, -0.2) is 110 Å². The SMILES string of the molecule is CCCCCC(=O)NCC(=O)NCC(=O)N[C@@H](Cc1ccccc1)C(=O)NCC(=O)NCOC(C(=O)N[C@H]1CCc2c(C)c(F)cc3c2\C1=C(C)/C(/C=C/C1=C(C=O)COC(=O)[C@]1(O)CC)=C\CCC3)C1CC1. The topological polar surface area (TPSA) is 247 Å². The van der Waals surface area contributed by atoms with E-state index in [1.165, 1.54) is 0 Å². The number of hydrogen-bond acceptors (Lipinski definition) is 11. The average molecular weight is 1010 g/mol. The van der Waals surface area contributed by atoms with E-state index in [0.717, 1.165) is 64.7 Å². The van der Waals surface area contributed by atoms with Gasteiger partial charge in [-0.15, -0.1) is 0 Å². The summed E-state index contributed by atoms with van der Waals surface area (Å²) in [6.07, 6.45) is 12.2. The van der Waals surface area contributed by atoms with Crippen LogP contribution >= 0.6 is 0 Å². The first-order valence-corrected chi connectivity index (χ1v) is 25.4. The van der Waals surface area contributed by atoms with Crippen molar-refractivity contribution in [1.29, 1.82) is 0 Å². The van der Waals surface area contributed by atoms with E-state index in [-0.39, 0.29) is 61.5 Å². The number of amides is 6. The third kappa shape index (κ3) is 14.7. The van der Waals surface area contributed by atoms with Crippen molar-refractivity contribution < 1.29 is 57.3 Å². The summed E-state index contributed by atoms with van der Waals surface area (Å²) in [7, 11) is 0. The number of halogens is 1. The van der Waals surface area contributed by atoms with Gasteiger partial charge in [0.15, 0.2) is 5.60 Å². The molecule has 4 aliphatic rings. The summed E-state index contributed by atoms with van der Waals surface area (Å²) in [6, 6.07) is 8.85. The molecule has 1 aliphatic heterocycles. The Morgan fingerprint density at radius 2 is 1.60 bits per heavy atom. The van der Waals surface area contributed by atoms with Gasteiger partial charge in [-0.2, -0.15) is 0 Å². The van der Waals surface area contributed by atoms with Crippen LogP contribution < -0.4 is 31.9 Å². The molecule has 3 aliphatic carbocycles. The molecule has 0 aromatic heterocycles. The fourth-order valence-electron chi connectivity index (χ4n) is 9.51. The van der Waals surface area contributed by atoms with Gasteiger partial charge in [0, 0.05) is 24.0 Å². The fourth-order valence-corrected chi connectivity index (χ4v) is 9.51. The van der Waals surface area contributed by atoms with Gasteiger partial charge in [-0.25, -0.2) is 9.18 Å². The molecule has 2 aromatic rings. The van der Waals surface area contributed by atoms with Gasteiger partial charge >= 0.3 is 5.97 Å². The van der Waals surface area contributed by atoms with Crippen molar-refractivity contribution in [1.82, 2.24) is 31.9 Å². The van der Waals surface area contributed by atoms with E-state index in [4.69, 9.17) is 9.47 Å². The molecule has 6 rings (SSSR count). The fraction of sp³-hybridized carbons (Fsp3) is 0.491. The zero-order valence-electron chi connectivity index (χ0n) is 42.2. The number of unbranched alkanes of at least 4 members (excludes halogenated alkanes) is 2. The molecule has 1 fully saturated rings. The van der Waals surface area contributed by atoms with Crippen LogP contribution in [0.4, 0.5) is 4.39 Å². The number of allylic oxidation sites excluding steroid dienone is 4. The molecule has 7 N–H and O–H groups in total. The number of carbonyl (C=O) groups is 8. The summed E-state index contributed by atoms with van der Waals surface area (Å²) < 4.78 is 26.7. The Bertz CT molecular complexity index is 2550. The first-order valence-electron chi connectivity index (χ1n) is 25.4. The van der Waals surface area contributed by atoms with Crippen LogP contribution in [0.25, 0.3) is 5.57 Å². The molecule has 0 spiro atoms. The molecule has 18 heteroatoms. The van der Waals surface area contributed by atoms with Gasteiger partial charge in [-0.3, -0.25) is 33.6 Å². The number of benzene rings is 2. The highest BCUT2D eigenvalue weighted by Gasteiger charge is 2.44. The normalized spacial score (nSPS) is 21.2. The van der Waals surface area contributed by atoms with E-state index < -0.39 is 72.4 Å². The lowest BCUT2D eigenvalue weighted by atomic mass is 9.75. The minimum atomic E-state index is -2.02. The van der Waals surface area contributed by atoms with E-state index in [9.17, 15) is 43.5 Å². The van der Waals surface area contributed by atoms with Gasteiger partial charge in [0.05, 0.1) is 25.7 Å². The Morgan fingerprint density at radius 3 is 2.32 bits per heavy atom. The summed E-state index contributed by atoms with van der Waals surface area (Å²) in [5.74, 6) is -4.41. The molecule has 1 saturated carbocycles. The number of nitrogens with one attached hydrogen (secondary N) is 6. The monoisotopic (exact) mass is 1010 g/mol. The van der Waals surface area contributed by atoms with Crippen molar-refractivity contribution in [3.05, 3.63) is 111 Å². The molecule has 17 nitrogen and oxygen atoms in total.